The maximum Gasteiger partial charge on any atom is 0.0302 e. The average Bonchev–Trinajstić information content (AvgIpc) is 2.74. The molecule has 12 heavy (non-hydrogen) atoms. The minimum absolute atomic E-state index is 0.632. The quantitative estimate of drug-likeness (QED) is 0.745. The van der Waals surface area contributed by atoms with Gasteiger partial charge in [0.15, 0.2) is 0 Å². The van der Waals surface area contributed by atoms with Crippen molar-refractivity contribution in [3.63, 3.8) is 0 Å². The molecule has 0 amide bonds. The summed E-state index contributed by atoms with van der Waals surface area (Å²) < 4.78 is 0. The highest BCUT2D eigenvalue weighted by molar-refractivity contribution is 7.09. The third kappa shape index (κ3) is 2.06. The van der Waals surface area contributed by atoms with Crippen LogP contribution in [0.25, 0.3) is 0 Å². The Labute approximate surface area is 77.0 Å². The lowest BCUT2D eigenvalue weighted by atomic mass is 10.2. The lowest BCUT2D eigenvalue weighted by molar-refractivity contribution is 0.550. The summed E-state index contributed by atoms with van der Waals surface area (Å²) in [6.45, 7) is 3.06. The van der Waals surface area contributed by atoms with E-state index in [4.69, 9.17) is 0 Å². The van der Waals surface area contributed by atoms with E-state index in [1.807, 2.05) is 11.3 Å². The highest BCUT2D eigenvalue weighted by atomic mass is 32.1. The summed E-state index contributed by atoms with van der Waals surface area (Å²) in [4.78, 5) is 1.42. The lowest BCUT2D eigenvalue weighted by Crippen LogP contribution is -2.28. The number of rotatable bonds is 3. The van der Waals surface area contributed by atoms with Gasteiger partial charge in [-0.15, -0.1) is 11.3 Å². The number of thiophene rings is 1. The summed E-state index contributed by atoms with van der Waals surface area (Å²) in [5.74, 6) is 0. The molecule has 1 fully saturated rings. The van der Waals surface area contributed by atoms with Crippen molar-refractivity contribution >= 4 is 11.3 Å². The molecular formula is C9H13N2S. The van der Waals surface area contributed by atoms with Gasteiger partial charge in [0.2, 0.25) is 0 Å². The molecule has 1 aromatic heterocycles. The van der Waals surface area contributed by atoms with E-state index in [9.17, 15) is 0 Å². The Bertz CT molecular complexity index is 214. The molecule has 1 atom stereocenters. The lowest BCUT2D eigenvalue weighted by Gasteiger charge is -2.08. The Morgan fingerprint density at radius 3 is 3.33 bits per heavy atom. The highest BCUT2D eigenvalue weighted by Gasteiger charge is 2.13. The molecule has 0 aliphatic carbocycles. The number of hydrogen-bond donors (Lipinski definition) is 1. The molecule has 1 radical (unpaired) electrons. The molecule has 65 valence electrons. The summed E-state index contributed by atoms with van der Waals surface area (Å²) in [5, 5.41) is 9.93. The molecule has 1 N–H and O–H groups in total. The monoisotopic (exact) mass is 181 g/mol. The Balaban J connectivity index is 1.74. The van der Waals surface area contributed by atoms with Crippen LogP contribution < -0.4 is 10.6 Å². The fourth-order valence-electron chi connectivity index (χ4n) is 1.41. The fourth-order valence-corrected chi connectivity index (χ4v) is 2.07. The topological polar surface area (TPSA) is 26.1 Å². The molecule has 1 unspecified atom stereocenters. The molecule has 3 heteroatoms. The van der Waals surface area contributed by atoms with Gasteiger partial charge in [0.25, 0.3) is 0 Å². The maximum atomic E-state index is 4.31. The van der Waals surface area contributed by atoms with Crippen LogP contribution in [0, 0.1) is 0 Å². The van der Waals surface area contributed by atoms with Crippen LogP contribution in [0.4, 0.5) is 0 Å². The van der Waals surface area contributed by atoms with E-state index in [0.717, 1.165) is 19.6 Å². The van der Waals surface area contributed by atoms with Crippen LogP contribution in [0.5, 0.6) is 0 Å². The Hall–Kier alpha value is -0.380. The summed E-state index contributed by atoms with van der Waals surface area (Å²) in [6, 6.07) is 4.90. The smallest absolute Gasteiger partial charge is 0.0302 e. The van der Waals surface area contributed by atoms with Gasteiger partial charge in [0, 0.05) is 30.6 Å². The third-order valence-electron chi connectivity index (χ3n) is 2.13. The predicted octanol–water partition coefficient (Wildman–Crippen LogP) is 1.21. The van der Waals surface area contributed by atoms with E-state index in [-0.39, 0.29) is 0 Å². The molecule has 2 nitrogen and oxygen atoms in total. The molecular weight excluding hydrogens is 168 g/mol. The molecule has 1 aliphatic heterocycles. The zero-order valence-electron chi connectivity index (χ0n) is 6.99. The molecule has 1 aliphatic rings. The molecule has 1 saturated heterocycles. The predicted molar refractivity (Wildman–Crippen MR) is 51.4 cm³/mol. The first-order valence-electron chi connectivity index (χ1n) is 4.34. The van der Waals surface area contributed by atoms with Crippen molar-refractivity contribution in [2.24, 2.45) is 0 Å². The first-order valence-corrected chi connectivity index (χ1v) is 5.22. The van der Waals surface area contributed by atoms with E-state index >= 15 is 0 Å². The molecule has 2 heterocycles. The second-order valence-electron chi connectivity index (χ2n) is 3.08. The van der Waals surface area contributed by atoms with Crippen LogP contribution >= 0.6 is 11.3 Å². The third-order valence-corrected chi connectivity index (χ3v) is 3.01. The van der Waals surface area contributed by atoms with Crippen molar-refractivity contribution in [1.82, 2.24) is 10.6 Å². The largest absolute Gasteiger partial charge is 0.308 e. The van der Waals surface area contributed by atoms with Crippen molar-refractivity contribution in [2.45, 2.75) is 19.0 Å². The minimum Gasteiger partial charge on any atom is -0.308 e. The van der Waals surface area contributed by atoms with E-state index in [0.29, 0.717) is 6.04 Å². The van der Waals surface area contributed by atoms with Gasteiger partial charge in [-0.05, 0) is 17.9 Å². The number of nitrogens with one attached hydrogen (secondary N) is 1. The van der Waals surface area contributed by atoms with Crippen molar-refractivity contribution in [3.05, 3.63) is 22.4 Å². The zero-order valence-corrected chi connectivity index (χ0v) is 7.81. The van der Waals surface area contributed by atoms with Gasteiger partial charge in [-0.1, -0.05) is 6.07 Å². The van der Waals surface area contributed by atoms with Crippen LogP contribution in [0.1, 0.15) is 11.3 Å². The van der Waals surface area contributed by atoms with E-state index in [1.165, 1.54) is 11.3 Å². The van der Waals surface area contributed by atoms with Crippen molar-refractivity contribution < 1.29 is 0 Å². The molecule has 0 aromatic carbocycles. The first-order chi connectivity index (χ1) is 5.95. The Morgan fingerprint density at radius 2 is 2.67 bits per heavy atom. The van der Waals surface area contributed by atoms with Gasteiger partial charge >= 0.3 is 0 Å². The van der Waals surface area contributed by atoms with Gasteiger partial charge in [-0.3, -0.25) is 0 Å². The fraction of sp³-hybridized carbons (Fsp3) is 0.556. The number of hydrogen-bond acceptors (Lipinski definition) is 2. The van der Waals surface area contributed by atoms with Crippen LogP contribution in [0.2, 0.25) is 0 Å². The van der Waals surface area contributed by atoms with Crippen molar-refractivity contribution in [1.29, 1.82) is 0 Å². The summed E-state index contributed by atoms with van der Waals surface area (Å²) in [6.07, 6.45) is 1.21. The van der Waals surface area contributed by atoms with Gasteiger partial charge in [-0.2, -0.15) is 0 Å². The van der Waals surface area contributed by atoms with Gasteiger partial charge < -0.3 is 5.32 Å². The molecule has 2 rings (SSSR count). The van der Waals surface area contributed by atoms with Crippen molar-refractivity contribution in [2.75, 3.05) is 13.1 Å². The van der Waals surface area contributed by atoms with Gasteiger partial charge in [0.05, 0.1) is 0 Å². The minimum atomic E-state index is 0.632. The summed E-state index contributed by atoms with van der Waals surface area (Å²) >= 11 is 1.81. The van der Waals surface area contributed by atoms with Crippen LogP contribution in [0.15, 0.2) is 17.5 Å². The van der Waals surface area contributed by atoms with Crippen LogP contribution in [-0.2, 0) is 6.54 Å². The normalized spacial score (nSPS) is 23.2. The first kappa shape index (κ1) is 8.23. The maximum absolute atomic E-state index is 4.31. The standard InChI is InChI=1S/C9H13N2S/c1-2-9(12-5-1)7-11-8-3-4-10-6-8/h1-2,5,8,11H,3-4,6-7H2. The Morgan fingerprint density at radius 1 is 1.67 bits per heavy atom. The second kappa shape index (κ2) is 4.03. The van der Waals surface area contributed by atoms with Crippen molar-refractivity contribution in [3.8, 4) is 0 Å². The molecule has 0 bridgehead atoms. The van der Waals surface area contributed by atoms with Crippen LogP contribution in [-0.4, -0.2) is 19.1 Å². The molecule has 0 spiro atoms. The Kier molecular flexibility index (Phi) is 2.76. The highest BCUT2D eigenvalue weighted by Crippen LogP contribution is 2.09. The average molecular weight is 181 g/mol. The molecule has 0 saturated carbocycles. The van der Waals surface area contributed by atoms with E-state index in [2.05, 4.69) is 28.1 Å². The van der Waals surface area contributed by atoms with E-state index in [1.54, 1.807) is 0 Å². The number of nitrogens with zero attached hydrogens (tertiary/aromatic N) is 1. The molecule has 1 aromatic rings. The summed E-state index contributed by atoms with van der Waals surface area (Å²) in [5.41, 5.74) is 0. The zero-order chi connectivity index (χ0) is 8.23. The van der Waals surface area contributed by atoms with Gasteiger partial charge in [-0.25, -0.2) is 5.32 Å². The van der Waals surface area contributed by atoms with E-state index < -0.39 is 0 Å². The SMILES string of the molecule is c1csc(CNC2CC[N]C2)c1. The second-order valence-corrected chi connectivity index (χ2v) is 4.11. The van der Waals surface area contributed by atoms with Crippen LogP contribution in [0.3, 0.4) is 0 Å². The van der Waals surface area contributed by atoms with Gasteiger partial charge in [0.1, 0.15) is 0 Å². The summed E-state index contributed by atoms with van der Waals surface area (Å²) in [7, 11) is 0.